The van der Waals surface area contributed by atoms with Crippen LogP contribution in [0.5, 0.6) is 0 Å². The Kier molecular flexibility index (Phi) is 6.29. The number of nitrogens with one attached hydrogen (secondary N) is 2. The molecule has 0 saturated carbocycles. The van der Waals surface area contributed by atoms with Gasteiger partial charge in [-0.25, -0.2) is 4.98 Å². The average Bonchev–Trinajstić information content (AvgIpc) is 2.67. The van der Waals surface area contributed by atoms with E-state index in [4.69, 9.17) is 11.6 Å². The van der Waals surface area contributed by atoms with Crippen molar-refractivity contribution in [2.75, 3.05) is 23.7 Å². The van der Waals surface area contributed by atoms with E-state index in [9.17, 15) is 9.59 Å². The first kappa shape index (κ1) is 19.2. The SMILES string of the molecule is CC(=O)Nc1cccc(CNc2ncc(C(=O)N3CCCCC3)cc2Cl)c1. The lowest BCUT2D eigenvalue weighted by atomic mass is 10.1. The van der Waals surface area contributed by atoms with E-state index in [1.807, 2.05) is 29.2 Å². The van der Waals surface area contributed by atoms with Gasteiger partial charge in [0.15, 0.2) is 0 Å². The quantitative estimate of drug-likeness (QED) is 0.816. The number of aromatic nitrogens is 1. The number of likely N-dealkylation sites (tertiary alicyclic amines) is 1. The fourth-order valence-corrected chi connectivity index (χ4v) is 3.35. The van der Waals surface area contributed by atoms with Crippen molar-refractivity contribution in [3.05, 3.63) is 52.7 Å². The van der Waals surface area contributed by atoms with Crippen LogP contribution in [0.15, 0.2) is 36.5 Å². The van der Waals surface area contributed by atoms with E-state index in [1.54, 1.807) is 12.3 Å². The molecule has 7 heteroatoms. The van der Waals surface area contributed by atoms with Crippen LogP contribution < -0.4 is 10.6 Å². The van der Waals surface area contributed by atoms with Gasteiger partial charge in [0.2, 0.25) is 5.91 Å². The molecule has 0 bridgehead atoms. The lowest BCUT2D eigenvalue weighted by Crippen LogP contribution is -2.35. The van der Waals surface area contributed by atoms with Crippen LogP contribution in [0.25, 0.3) is 0 Å². The van der Waals surface area contributed by atoms with Gasteiger partial charge in [-0.3, -0.25) is 9.59 Å². The molecule has 0 aliphatic carbocycles. The Labute approximate surface area is 163 Å². The second kappa shape index (κ2) is 8.86. The molecule has 2 aromatic rings. The van der Waals surface area contributed by atoms with Crippen LogP contribution in [-0.4, -0.2) is 34.8 Å². The van der Waals surface area contributed by atoms with E-state index in [1.165, 1.54) is 13.3 Å². The average molecular weight is 387 g/mol. The second-order valence-corrected chi connectivity index (χ2v) is 7.05. The number of amides is 2. The van der Waals surface area contributed by atoms with Crippen LogP contribution in [0.3, 0.4) is 0 Å². The van der Waals surface area contributed by atoms with Crippen molar-refractivity contribution in [2.45, 2.75) is 32.7 Å². The number of piperidine rings is 1. The number of hydrogen-bond acceptors (Lipinski definition) is 4. The van der Waals surface area contributed by atoms with Crippen molar-refractivity contribution in [1.82, 2.24) is 9.88 Å². The van der Waals surface area contributed by atoms with Gasteiger partial charge in [0.05, 0.1) is 10.6 Å². The number of rotatable bonds is 5. The summed E-state index contributed by atoms with van der Waals surface area (Å²) in [5.41, 5.74) is 2.23. The molecule has 2 amide bonds. The number of hydrogen-bond donors (Lipinski definition) is 2. The summed E-state index contributed by atoms with van der Waals surface area (Å²) in [5.74, 6) is 0.397. The molecule has 3 rings (SSSR count). The minimum absolute atomic E-state index is 0.0151. The third-order valence-electron chi connectivity index (χ3n) is 4.44. The van der Waals surface area contributed by atoms with Gasteiger partial charge in [0.1, 0.15) is 5.82 Å². The van der Waals surface area contributed by atoms with Gasteiger partial charge in [-0.15, -0.1) is 0 Å². The lowest BCUT2D eigenvalue weighted by molar-refractivity contribution is -0.114. The number of benzene rings is 1. The number of halogens is 1. The Morgan fingerprint density at radius 2 is 1.96 bits per heavy atom. The van der Waals surface area contributed by atoms with E-state index in [0.29, 0.717) is 22.9 Å². The number of anilines is 2. The topological polar surface area (TPSA) is 74.3 Å². The molecule has 0 atom stereocenters. The molecule has 2 N–H and O–H groups in total. The normalized spacial score (nSPS) is 13.9. The van der Waals surface area contributed by atoms with Crippen molar-refractivity contribution in [2.24, 2.45) is 0 Å². The molecule has 1 aromatic heterocycles. The lowest BCUT2D eigenvalue weighted by Gasteiger charge is -2.26. The van der Waals surface area contributed by atoms with Crippen LogP contribution in [-0.2, 0) is 11.3 Å². The van der Waals surface area contributed by atoms with E-state index >= 15 is 0 Å². The Bertz CT molecular complexity index is 834. The van der Waals surface area contributed by atoms with Crippen LogP contribution in [0.2, 0.25) is 5.02 Å². The third kappa shape index (κ3) is 5.20. The molecule has 6 nitrogen and oxygen atoms in total. The highest BCUT2D eigenvalue weighted by Gasteiger charge is 2.19. The zero-order valence-corrected chi connectivity index (χ0v) is 16.1. The van der Waals surface area contributed by atoms with Crippen LogP contribution in [0.1, 0.15) is 42.1 Å². The molecular weight excluding hydrogens is 364 g/mol. The van der Waals surface area contributed by atoms with E-state index in [-0.39, 0.29) is 11.8 Å². The molecule has 1 aromatic carbocycles. The first-order valence-electron chi connectivity index (χ1n) is 9.08. The van der Waals surface area contributed by atoms with Gasteiger partial charge in [-0.05, 0) is 43.0 Å². The fourth-order valence-electron chi connectivity index (χ4n) is 3.11. The molecule has 1 saturated heterocycles. The number of carbonyl (C=O) groups excluding carboxylic acids is 2. The maximum atomic E-state index is 12.5. The highest BCUT2D eigenvalue weighted by atomic mass is 35.5. The number of carbonyl (C=O) groups is 2. The Morgan fingerprint density at radius 1 is 1.19 bits per heavy atom. The molecule has 27 heavy (non-hydrogen) atoms. The number of pyridine rings is 1. The van der Waals surface area contributed by atoms with E-state index in [2.05, 4.69) is 15.6 Å². The molecular formula is C20H23ClN4O2. The van der Waals surface area contributed by atoms with Gasteiger partial charge in [-0.2, -0.15) is 0 Å². The third-order valence-corrected chi connectivity index (χ3v) is 4.73. The van der Waals surface area contributed by atoms with Gasteiger partial charge in [0.25, 0.3) is 5.91 Å². The highest BCUT2D eigenvalue weighted by molar-refractivity contribution is 6.33. The minimum atomic E-state index is -0.112. The van der Waals surface area contributed by atoms with Crippen molar-refractivity contribution >= 4 is 34.9 Å². The molecule has 1 aliphatic heterocycles. The highest BCUT2D eigenvalue weighted by Crippen LogP contribution is 2.23. The maximum Gasteiger partial charge on any atom is 0.255 e. The van der Waals surface area contributed by atoms with Crippen LogP contribution in [0.4, 0.5) is 11.5 Å². The van der Waals surface area contributed by atoms with E-state index in [0.717, 1.165) is 37.2 Å². The molecule has 2 heterocycles. The zero-order chi connectivity index (χ0) is 19.2. The van der Waals surface area contributed by atoms with Gasteiger partial charge in [-0.1, -0.05) is 23.7 Å². The van der Waals surface area contributed by atoms with Crippen LogP contribution in [0, 0.1) is 0 Å². The van der Waals surface area contributed by atoms with Crippen molar-refractivity contribution < 1.29 is 9.59 Å². The Hall–Kier alpha value is -2.60. The van der Waals surface area contributed by atoms with Crippen molar-refractivity contribution in [3.63, 3.8) is 0 Å². The standard InChI is InChI=1S/C20H23ClN4O2/c1-14(26)24-17-7-5-6-15(10-17)12-22-19-18(21)11-16(13-23-19)20(27)25-8-3-2-4-9-25/h5-7,10-11,13H,2-4,8-9,12H2,1H3,(H,22,23)(H,24,26). The molecule has 1 fully saturated rings. The summed E-state index contributed by atoms with van der Waals surface area (Å²) < 4.78 is 0. The first-order chi connectivity index (χ1) is 13.0. The molecule has 1 aliphatic rings. The molecule has 0 unspecified atom stereocenters. The summed E-state index contributed by atoms with van der Waals surface area (Å²) in [6, 6.07) is 9.20. The predicted octanol–water partition coefficient (Wildman–Crippen LogP) is 3.93. The molecule has 0 spiro atoms. The smallest absolute Gasteiger partial charge is 0.255 e. The Balaban J connectivity index is 1.64. The predicted molar refractivity (Wildman–Crippen MR) is 107 cm³/mol. The first-order valence-corrected chi connectivity index (χ1v) is 9.46. The van der Waals surface area contributed by atoms with Gasteiger partial charge < -0.3 is 15.5 Å². The minimum Gasteiger partial charge on any atom is -0.365 e. The summed E-state index contributed by atoms with van der Waals surface area (Å²) in [4.78, 5) is 29.9. The summed E-state index contributed by atoms with van der Waals surface area (Å²) >= 11 is 6.33. The fraction of sp³-hybridized carbons (Fsp3) is 0.350. The van der Waals surface area contributed by atoms with Gasteiger partial charge in [0, 0.05) is 38.4 Å². The van der Waals surface area contributed by atoms with Crippen LogP contribution >= 0.6 is 11.6 Å². The van der Waals surface area contributed by atoms with Crippen molar-refractivity contribution in [3.8, 4) is 0 Å². The largest absolute Gasteiger partial charge is 0.365 e. The van der Waals surface area contributed by atoms with Gasteiger partial charge >= 0.3 is 0 Å². The molecule has 0 radical (unpaired) electrons. The summed E-state index contributed by atoms with van der Waals surface area (Å²) in [6.07, 6.45) is 4.84. The van der Waals surface area contributed by atoms with Crippen molar-refractivity contribution in [1.29, 1.82) is 0 Å². The zero-order valence-electron chi connectivity index (χ0n) is 15.3. The number of nitrogens with zero attached hydrogens (tertiary/aromatic N) is 2. The summed E-state index contributed by atoms with van der Waals surface area (Å²) in [6.45, 7) is 3.56. The maximum absolute atomic E-state index is 12.5. The molecule has 142 valence electrons. The Morgan fingerprint density at radius 3 is 2.67 bits per heavy atom. The van der Waals surface area contributed by atoms with E-state index < -0.39 is 0 Å². The summed E-state index contributed by atoms with van der Waals surface area (Å²) in [5, 5.41) is 6.34. The summed E-state index contributed by atoms with van der Waals surface area (Å²) in [7, 11) is 0. The monoisotopic (exact) mass is 386 g/mol. The second-order valence-electron chi connectivity index (χ2n) is 6.64.